The molecule has 0 fully saturated rings. The van der Waals surface area contributed by atoms with Crippen molar-refractivity contribution in [1.82, 2.24) is 4.90 Å². The molecule has 0 aromatic heterocycles. The van der Waals surface area contributed by atoms with Crippen LogP contribution in [0.15, 0.2) is 18.2 Å². The number of nitrogens with zero attached hydrogens (tertiary/aromatic N) is 1. The van der Waals surface area contributed by atoms with Gasteiger partial charge in [-0.15, -0.1) is 0 Å². The minimum absolute atomic E-state index is 0.484. The smallest absolute Gasteiger partial charge is 0.0917 e. The number of hydrogen-bond acceptors (Lipinski definition) is 2. The molecule has 0 aliphatic rings. The summed E-state index contributed by atoms with van der Waals surface area (Å²) in [5.74, 6) is 0. The van der Waals surface area contributed by atoms with Crippen LogP contribution in [-0.2, 0) is 0 Å². The van der Waals surface area contributed by atoms with E-state index in [0.29, 0.717) is 16.6 Å². The maximum Gasteiger partial charge on any atom is 0.0917 e. The molecule has 1 rings (SSSR count). The average Bonchev–Trinajstić information content (AvgIpc) is 2.29. The van der Waals surface area contributed by atoms with Gasteiger partial charge in [0.25, 0.3) is 0 Å². The van der Waals surface area contributed by atoms with E-state index in [4.69, 9.17) is 23.2 Å². The molecule has 2 nitrogen and oxygen atoms in total. The highest BCUT2D eigenvalue weighted by molar-refractivity contribution is 6.42. The van der Waals surface area contributed by atoms with Crippen LogP contribution >= 0.6 is 23.2 Å². The zero-order valence-electron chi connectivity index (χ0n) is 9.58. The summed E-state index contributed by atoms with van der Waals surface area (Å²) in [6.45, 7) is 6.62. The van der Waals surface area contributed by atoms with Gasteiger partial charge in [-0.1, -0.05) is 43.1 Å². The molecule has 1 aromatic rings. The van der Waals surface area contributed by atoms with Crippen LogP contribution in [0.3, 0.4) is 0 Å². The first-order chi connectivity index (χ1) is 7.58. The molecule has 0 unspecified atom stereocenters. The van der Waals surface area contributed by atoms with Crippen LogP contribution in [0.4, 0.5) is 0 Å². The Morgan fingerprint density at radius 1 is 1.19 bits per heavy atom. The first kappa shape index (κ1) is 13.8. The van der Waals surface area contributed by atoms with Crippen molar-refractivity contribution in [2.75, 3.05) is 19.6 Å². The molecule has 16 heavy (non-hydrogen) atoms. The molecule has 1 atom stereocenters. The summed E-state index contributed by atoms with van der Waals surface area (Å²) >= 11 is 11.7. The molecule has 4 heteroatoms. The number of likely N-dealkylation sites (N-methyl/N-ethyl adjacent to an activating group) is 1. The zero-order chi connectivity index (χ0) is 12.1. The van der Waals surface area contributed by atoms with Crippen molar-refractivity contribution in [1.29, 1.82) is 0 Å². The van der Waals surface area contributed by atoms with Crippen molar-refractivity contribution >= 4 is 23.2 Å². The van der Waals surface area contributed by atoms with Gasteiger partial charge in [-0.2, -0.15) is 0 Å². The van der Waals surface area contributed by atoms with Gasteiger partial charge in [-0.25, -0.2) is 0 Å². The van der Waals surface area contributed by atoms with E-state index in [1.165, 1.54) is 0 Å². The fourth-order valence-electron chi connectivity index (χ4n) is 1.55. The number of hydrogen-bond donors (Lipinski definition) is 1. The van der Waals surface area contributed by atoms with Gasteiger partial charge in [-0.3, -0.25) is 0 Å². The van der Waals surface area contributed by atoms with Crippen molar-refractivity contribution in [3.8, 4) is 0 Å². The van der Waals surface area contributed by atoms with Gasteiger partial charge >= 0.3 is 0 Å². The summed E-state index contributed by atoms with van der Waals surface area (Å²) in [5.41, 5.74) is 0.807. The van der Waals surface area contributed by atoms with Crippen LogP contribution in [0, 0.1) is 0 Å². The topological polar surface area (TPSA) is 23.5 Å². The largest absolute Gasteiger partial charge is 0.387 e. The van der Waals surface area contributed by atoms with Crippen LogP contribution in [-0.4, -0.2) is 29.6 Å². The van der Waals surface area contributed by atoms with E-state index >= 15 is 0 Å². The van der Waals surface area contributed by atoms with Crippen LogP contribution in [0.2, 0.25) is 10.0 Å². The van der Waals surface area contributed by atoms with Gasteiger partial charge in [0.05, 0.1) is 16.1 Å². The maximum atomic E-state index is 10.0. The fourth-order valence-corrected chi connectivity index (χ4v) is 1.86. The Kier molecular flexibility index (Phi) is 5.56. The van der Waals surface area contributed by atoms with Gasteiger partial charge < -0.3 is 10.0 Å². The standard InChI is InChI=1S/C12H17Cl2NO/c1-3-15(4-2)8-12(16)9-5-6-10(13)11(14)7-9/h5-7,12,16H,3-4,8H2,1-2H3/t12-/m0/s1. The number of rotatable bonds is 5. The normalized spacial score (nSPS) is 13.1. The van der Waals surface area contributed by atoms with Crippen LogP contribution in [0.5, 0.6) is 0 Å². The van der Waals surface area contributed by atoms with Gasteiger partial charge in [0.1, 0.15) is 0 Å². The number of aliphatic hydroxyl groups is 1. The van der Waals surface area contributed by atoms with Crippen molar-refractivity contribution in [3.63, 3.8) is 0 Å². The predicted molar refractivity (Wildman–Crippen MR) is 69.2 cm³/mol. The third kappa shape index (κ3) is 3.63. The van der Waals surface area contributed by atoms with Crippen molar-refractivity contribution in [3.05, 3.63) is 33.8 Å². The van der Waals surface area contributed by atoms with E-state index in [1.54, 1.807) is 12.1 Å². The average molecular weight is 262 g/mol. The molecule has 0 amide bonds. The minimum Gasteiger partial charge on any atom is -0.387 e. The second-order valence-corrected chi connectivity index (χ2v) is 4.49. The SMILES string of the molecule is CCN(CC)C[C@H](O)c1ccc(Cl)c(Cl)c1. The Labute approximate surface area is 107 Å². The minimum atomic E-state index is -0.519. The summed E-state index contributed by atoms with van der Waals surface area (Å²) in [7, 11) is 0. The second kappa shape index (κ2) is 6.45. The fraction of sp³-hybridized carbons (Fsp3) is 0.500. The molecule has 0 spiro atoms. The molecule has 0 saturated carbocycles. The molecule has 0 bridgehead atoms. The Morgan fingerprint density at radius 3 is 2.31 bits per heavy atom. The zero-order valence-corrected chi connectivity index (χ0v) is 11.1. The lowest BCUT2D eigenvalue weighted by Gasteiger charge is -2.22. The molecule has 0 saturated heterocycles. The van der Waals surface area contributed by atoms with E-state index in [0.717, 1.165) is 18.7 Å². The second-order valence-electron chi connectivity index (χ2n) is 3.68. The monoisotopic (exact) mass is 261 g/mol. The highest BCUT2D eigenvalue weighted by atomic mass is 35.5. The summed E-state index contributed by atoms with van der Waals surface area (Å²) in [5, 5.41) is 11.0. The lowest BCUT2D eigenvalue weighted by atomic mass is 10.1. The molecular weight excluding hydrogens is 245 g/mol. The molecule has 0 radical (unpaired) electrons. The Balaban J connectivity index is 2.72. The first-order valence-corrected chi connectivity index (χ1v) is 6.19. The van der Waals surface area contributed by atoms with Gasteiger partial charge in [0.15, 0.2) is 0 Å². The lowest BCUT2D eigenvalue weighted by Crippen LogP contribution is -2.28. The van der Waals surface area contributed by atoms with E-state index in [-0.39, 0.29) is 0 Å². The Bertz CT molecular complexity index is 340. The van der Waals surface area contributed by atoms with E-state index < -0.39 is 6.10 Å². The van der Waals surface area contributed by atoms with Gasteiger partial charge in [-0.05, 0) is 30.8 Å². The maximum absolute atomic E-state index is 10.0. The van der Waals surface area contributed by atoms with Gasteiger partial charge in [0, 0.05) is 6.54 Å². The molecule has 1 aromatic carbocycles. The van der Waals surface area contributed by atoms with E-state index in [9.17, 15) is 5.11 Å². The summed E-state index contributed by atoms with van der Waals surface area (Å²) in [4.78, 5) is 2.16. The predicted octanol–water partition coefficient (Wildman–Crippen LogP) is 3.37. The van der Waals surface area contributed by atoms with Crippen molar-refractivity contribution in [2.45, 2.75) is 20.0 Å². The lowest BCUT2D eigenvalue weighted by molar-refractivity contribution is 0.119. The summed E-state index contributed by atoms with van der Waals surface area (Å²) in [6.07, 6.45) is -0.519. The molecule has 0 heterocycles. The summed E-state index contributed by atoms with van der Waals surface area (Å²) in [6, 6.07) is 5.24. The number of benzene rings is 1. The highest BCUT2D eigenvalue weighted by Gasteiger charge is 2.12. The Hall–Kier alpha value is -0.280. The first-order valence-electron chi connectivity index (χ1n) is 5.43. The molecule has 1 N–H and O–H groups in total. The molecule has 0 aliphatic heterocycles. The highest BCUT2D eigenvalue weighted by Crippen LogP contribution is 2.25. The van der Waals surface area contributed by atoms with Crippen LogP contribution < -0.4 is 0 Å². The van der Waals surface area contributed by atoms with E-state index in [1.807, 2.05) is 6.07 Å². The third-order valence-corrected chi connectivity index (χ3v) is 3.39. The van der Waals surface area contributed by atoms with Crippen LogP contribution in [0.1, 0.15) is 25.5 Å². The van der Waals surface area contributed by atoms with E-state index in [2.05, 4.69) is 18.7 Å². The Morgan fingerprint density at radius 2 is 1.81 bits per heavy atom. The van der Waals surface area contributed by atoms with Crippen LogP contribution in [0.25, 0.3) is 0 Å². The van der Waals surface area contributed by atoms with Crippen molar-refractivity contribution in [2.24, 2.45) is 0 Å². The molecular formula is C12H17Cl2NO. The third-order valence-electron chi connectivity index (χ3n) is 2.65. The number of aliphatic hydroxyl groups excluding tert-OH is 1. The summed E-state index contributed by atoms with van der Waals surface area (Å²) < 4.78 is 0. The van der Waals surface area contributed by atoms with Crippen molar-refractivity contribution < 1.29 is 5.11 Å². The quantitative estimate of drug-likeness (QED) is 0.879. The number of halogens is 2. The molecule has 0 aliphatic carbocycles. The van der Waals surface area contributed by atoms with Gasteiger partial charge in [0.2, 0.25) is 0 Å². The molecule has 90 valence electrons.